The first-order valence-electron chi connectivity index (χ1n) is 7.02. The topological polar surface area (TPSA) is 36.9 Å². The molecule has 0 spiro atoms. The average Bonchev–Trinajstić information content (AvgIpc) is 2.65. The fourth-order valence-corrected chi connectivity index (χ4v) is 2.27. The minimum atomic E-state index is -2.67. The molecule has 22 heavy (non-hydrogen) atoms. The molecule has 0 atom stereocenters. The van der Waals surface area contributed by atoms with Crippen molar-refractivity contribution in [1.82, 2.24) is 0 Å². The summed E-state index contributed by atoms with van der Waals surface area (Å²) in [5.74, 6) is 0.606. The summed E-state index contributed by atoms with van der Waals surface area (Å²) in [4.78, 5) is 0. The molecule has 1 saturated heterocycles. The maximum absolute atomic E-state index is 13.4. The Kier molecular flexibility index (Phi) is 4.41. The summed E-state index contributed by atoms with van der Waals surface area (Å²) < 4.78 is 48.8. The third kappa shape index (κ3) is 2.79. The van der Waals surface area contributed by atoms with Gasteiger partial charge < -0.3 is 18.8 Å². The van der Waals surface area contributed by atoms with Crippen molar-refractivity contribution in [3.63, 3.8) is 0 Å². The van der Waals surface area contributed by atoms with E-state index in [-0.39, 0.29) is 16.8 Å². The first-order valence-corrected chi connectivity index (χ1v) is 7.02. The molecule has 4 nitrogen and oxygen atoms in total. The van der Waals surface area contributed by atoms with Gasteiger partial charge >= 0.3 is 7.12 Å². The van der Waals surface area contributed by atoms with Crippen LogP contribution >= 0.6 is 0 Å². The second kappa shape index (κ2) is 5.70. The zero-order valence-electron chi connectivity index (χ0n) is 13.7. The van der Waals surface area contributed by atoms with Crippen LogP contribution in [0.1, 0.15) is 39.7 Å². The van der Waals surface area contributed by atoms with Crippen molar-refractivity contribution in [1.29, 1.82) is 0 Å². The Morgan fingerprint density at radius 1 is 0.955 bits per heavy atom. The van der Waals surface area contributed by atoms with Crippen LogP contribution in [0.5, 0.6) is 11.5 Å². The van der Waals surface area contributed by atoms with E-state index in [0.717, 1.165) is 0 Å². The van der Waals surface area contributed by atoms with Gasteiger partial charge in [-0.2, -0.15) is 0 Å². The quantitative estimate of drug-likeness (QED) is 0.801. The molecule has 0 unspecified atom stereocenters. The predicted molar refractivity (Wildman–Crippen MR) is 80.2 cm³/mol. The summed E-state index contributed by atoms with van der Waals surface area (Å²) in [6.45, 7) is 7.48. The van der Waals surface area contributed by atoms with Crippen molar-refractivity contribution >= 4 is 12.6 Å². The van der Waals surface area contributed by atoms with Gasteiger partial charge in [-0.05, 0) is 45.3 Å². The molecule has 0 aliphatic carbocycles. The minimum Gasteiger partial charge on any atom is -0.493 e. The molecular weight excluding hydrogens is 293 g/mol. The molecule has 0 N–H and O–H groups in total. The highest BCUT2D eigenvalue weighted by Crippen LogP contribution is 2.38. The molecule has 0 saturated carbocycles. The first kappa shape index (κ1) is 17.0. The number of benzene rings is 1. The van der Waals surface area contributed by atoms with Crippen molar-refractivity contribution in [2.45, 2.75) is 45.3 Å². The summed E-state index contributed by atoms with van der Waals surface area (Å²) >= 11 is 0. The Balaban J connectivity index is 2.51. The van der Waals surface area contributed by atoms with Crippen LogP contribution in [0.3, 0.4) is 0 Å². The predicted octanol–water partition coefficient (Wildman–Crippen LogP) is 2.94. The van der Waals surface area contributed by atoms with Crippen LogP contribution in [0.25, 0.3) is 0 Å². The summed E-state index contributed by atoms with van der Waals surface area (Å²) in [7, 11) is 1.98. The summed E-state index contributed by atoms with van der Waals surface area (Å²) in [5, 5.41) is 0. The molecule has 1 aliphatic heterocycles. The number of methoxy groups -OCH3 is 2. The van der Waals surface area contributed by atoms with Gasteiger partial charge in [0.15, 0.2) is 11.5 Å². The Morgan fingerprint density at radius 3 is 1.82 bits per heavy atom. The maximum atomic E-state index is 13.4. The SMILES string of the molecule is COc1cc(B2OC(C)(C)C(C)(C)O2)c(C(F)F)cc1OC. The van der Waals surface area contributed by atoms with Gasteiger partial charge in [-0.15, -0.1) is 0 Å². The van der Waals surface area contributed by atoms with E-state index in [4.69, 9.17) is 18.8 Å². The zero-order valence-corrected chi connectivity index (χ0v) is 13.7. The third-order valence-corrected chi connectivity index (χ3v) is 4.33. The fraction of sp³-hybridized carbons (Fsp3) is 0.600. The summed E-state index contributed by atoms with van der Waals surface area (Å²) in [5.41, 5.74) is -1.14. The van der Waals surface area contributed by atoms with Gasteiger partial charge in [0.25, 0.3) is 6.43 Å². The van der Waals surface area contributed by atoms with Gasteiger partial charge in [0, 0.05) is 5.56 Å². The Morgan fingerprint density at radius 2 is 1.41 bits per heavy atom. The number of rotatable bonds is 4. The fourth-order valence-electron chi connectivity index (χ4n) is 2.27. The van der Waals surface area contributed by atoms with Gasteiger partial charge in [0.2, 0.25) is 0 Å². The first-order chi connectivity index (χ1) is 10.1. The van der Waals surface area contributed by atoms with Crippen molar-refractivity contribution in [3.05, 3.63) is 17.7 Å². The van der Waals surface area contributed by atoms with Gasteiger partial charge in [-0.1, -0.05) is 0 Å². The van der Waals surface area contributed by atoms with Crippen molar-refractivity contribution in [3.8, 4) is 11.5 Å². The molecule has 2 rings (SSSR count). The van der Waals surface area contributed by atoms with Crippen LogP contribution in [0.2, 0.25) is 0 Å². The average molecular weight is 314 g/mol. The highest BCUT2D eigenvalue weighted by atomic mass is 19.3. The maximum Gasteiger partial charge on any atom is 0.495 e. The summed E-state index contributed by atoms with van der Waals surface area (Å²) in [6, 6.07) is 2.76. The molecule has 0 bridgehead atoms. The van der Waals surface area contributed by atoms with Crippen LogP contribution in [0, 0.1) is 0 Å². The van der Waals surface area contributed by atoms with Gasteiger partial charge in [0.1, 0.15) is 0 Å². The Bertz CT molecular complexity index is 545. The molecule has 1 aromatic carbocycles. The monoisotopic (exact) mass is 314 g/mol. The van der Waals surface area contributed by atoms with Crippen molar-refractivity contribution < 1.29 is 27.6 Å². The highest BCUT2D eigenvalue weighted by molar-refractivity contribution is 6.62. The van der Waals surface area contributed by atoms with E-state index in [1.54, 1.807) is 0 Å². The van der Waals surface area contributed by atoms with E-state index in [1.165, 1.54) is 26.4 Å². The van der Waals surface area contributed by atoms with Crippen molar-refractivity contribution in [2.24, 2.45) is 0 Å². The van der Waals surface area contributed by atoms with E-state index in [0.29, 0.717) is 5.75 Å². The molecule has 1 fully saturated rings. The highest BCUT2D eigenvalue weighted by Gasteiger charge is 2.52. The van der Waals surface area contributed by atoms with Crippen LogP contribution in [0.4, 0.5) is 8.78 Å². The molecule has 1 aliphatic rings. The lowest BCUT2D eigenvalue weighted by Gasteiger charge is -2.32. The van der Waals surface area contributed by atoms with E-state index >= 15 is 0 Å². The molecule has 1 aromatic rings. The summed E-state index contributed by atoms with van der Waals surface area (Å²) in [6.07, 6.45) is -2.67. The smallest absolute Gasteiger partial charge is 0.493 e. The second-order valence-electron chi connectivity index (χ2n) is 6.23. The van der Waals surface area contributed by atoms with Gasteiger partial charge in [-0.3, -0.25) is 0 Å². The van der Waals surface area contributed by atoms with Crippen LogP contribution in [0.15, 0.2) is 12.1 Å². The minimum absolute atomic E-state index is 0.184. The normalized spacial score (nSPS) is 19.6. The van der Waals surface area contributed by atoms with Gasteiger partial charge in [-0.25, -0.2) is 8.78 Å². The number of ether oxygens (including phenoxy) is 2. The van der Waals surface area contributed by atoms with E-state index < -0.39 is 24.7 Å². The molecule has 0 radical (unpaired) electrons. The molecule has 7 heteroatoms. The lowest BCUT2D eigenvalue weighted by Crippen LogP contribution is -2.41. The van der Waals surface area contributed by atoms with E-state index in [1.807, 2.05) is 27.7 Å². The molecule has 0 amide bonds. The third-order valence-electron chi connectivity index (χ3n) is 4.33. The molecule has 122 valence electrons. The van der Waals surface area contributed by atoms with Crippen LogP contribution in [-0.2, 0) is 9.31 Å². The number of halogens is 2. The van der Waals surface area contributed by atoms with Crippen LogP contribution in [-0.4, -0.2) is 32.5 Å². The lowest BCUT2D eigenvalue weighted by molar-refractivity contribution is 0.00578. The number of alkyl halides is 2. The second-order valence-corrected chi connectivity index (χ2v) is 6.23. The molecule has 0 aromatic heterocycles. The number of hydrogen-bond donors (Lipinski definition) is 0. The van der Waals surface area contributed by atoms with E-state index in [9.17, 15) is 8.78 Å². The largest absolute Gasteiger partial charge is 0.495 e. The molecule has 1 heterocycles. The Labute approximate surface area is 129 Å². The van der Waals surface area contributed by atoms with E-state index in [2.05, 4.69) is 0 Å². The van der Waals surface area contributed by atoms with Crippen LogP contribution < -0.4 is 14.9 Å². The lowest BCUT2D eigenvalue weighted by atomic mass is 9.75. The standard InChI is InChI=1S/C15H21BF2O4/c1-14(2)15(3,4)22-16(21-14)10-8-12(20-6)11(19-5)7-9(10)13(17)18/h7-8,13H,1-6H3. The molecular formula is C15H21BF2O4. The van der Waals surface area contributed by atoms with Crippen molar-refractivity contribution in [2.75, 3.05) is 14.2 Å². The zero-order chi connectivity index (χ0) is 16.7. The van der Waals surface area contributed by atoms with Gasteiger partial charge in [0.05, 0.1) is 25.4 Å². The number of hydrogen-bond acceptors (Lipinski definition) is 4. The Hall–Kier alpha value is -1.34.